The minimum absolute atomic E-state index is 0.152. The molecule has 1 nitrogen and oxygen atoms in total. The third-order valence-electron chi connectivity index (χ3n) is 0.501. The molecule has 0 bridgehead atoms. The van der Waals surface area contributed by atoms with Gasteiger partial charge >= 0.3 is 6.18 Å². The Morgan fingerprint density at radius 2 is 1.89 bits per heavy atom. The summed E-state index contributed by atoms with van der Waals surface area (Å²) in [6.45, 7) is -0.194. The lowest BCUT2D eigenvalue weighted by Crippen LogP contribution is -2.11. The van der Waals surface area contributed by atoms with Crippen molar-refractivity contribution in [1.82, 2.24) is 0 Å². The van der Waals surface area contributed by atoms with Crippen LogP contribution in [0.4, 0.5) is 13.2 Å². The van der Waals surface area contributed by atoms with Crippen LogP contribution in [-0.2, 0) is 0 Å². The van der Waals surface area contributed by atoms with Crippen LogP contribution in [0.5, 0.6) is 0 Å². The topological polar surface area (TPSA) is 20.2 Å². The molecule has 0 amide bonds. The standard InChI is InChI=1S/C4H7F3OS/c5-4(6,7)3-9-2-1-8/h8H,1-3H2. The van der Waals surface area contributed by atoms with E-state index in [0.29, 0.717) is 11.8 Å². The lowest BCUT2D eigenvalue weighted by Gasteiger charge is -2.02. The largest absolute Gasteiger partial charge is 0.397 e. The molecule has 56 valence electrons. The summed E-state index contributed by atoms with van der Waals surface area (Å²) in [5.41, 5.74) is 0. The first kappa shape index (κ1) is 9.10. The Kier molecular flexibility index (Phi) is 4.05. The van der Waals surface area contributed by atoms with E-state index in [-0.39, 0.29) is 12.4 Å². The molecule has 5 heteroatoms. The maximum atomic E-state index is 11.3. The van der Waals surface area contributed by atoms with Gasteiger partial charge in [0.15, 0.2) is 0 Å². The van der Waals surface area contributed by atoms with Crippen molar-refractivity contribution in [2.45, 2.75) is 6.18 Å². The zero-order valence-electron chi connectivity index (χ0n) is 4.61. The van der Waals surface area contributed by atoms with Gasteiger partial charge in [0.05, 0.1) is 12.4 Å². The number of halogens is 3. The van der Waals surface area contributed by atoms with E-state index in [4.69, 9.17) is 5.11 Å². The summed E-state index contributed by atoms with van der Waals surface area (Å²) in [6.07, 6.45) is -4.10. The molecule has 0 aliphatic rings. The van der Waals surface area contributed by atoms with E-state index in [9.17, 15) is 13.2 Å². The first-order valence-electron chi connectivity index (χ1n) is 2.31. The number of aliphatic hydroxyl groups is 1. The Morgan fingerprint density at radius 3 is 2.22 bits per heavy atom. The smallest absolute Gasteiger partial charge is 0.396 e. The van der Waals surface area contributed by atoms with Gasteiger partial charge in [0, 0.05) is 5.75 Å². The van der Waals surface area contributed by atoms with Crippen molar-refractivity contribution < 1.29 is 18.3 Å². The third kappa shape index (κ3) is 8.10. The number of thioether (sulfide) groups is 1. The van der Waals surface area contributed by atoms with Gasteiger partial charge in [-0.05, 0) is 0 Å². The normalized spacial score (nSPS) is 12.0. The van der Waals surface area contributed by atoms with E-state index in [1.54, 1.807) is 0 Å². The van der Waals surface area contributed by atoms with Gasteiger partial charge in [0.2, 0.25) is 0 Å². The van der Waals surface area contributed by atoms with Crippen molar-refractivity contribution in [1.29, 1.82) is 0 Å². The quantitative estimate of drug-likeness (QED) is 0.627. The van der Waals surface area contributed by atoms with Gasteiger partial charge in [0.1, 0.15) is 0 Å². The van der Waals surface area contributed by atoms with E-state index >= 15 is 0 Å². The Labute approximate surface area is 55.2 Å². The number of rotatable bonds is 3. The summed E-state index contributed by atoms with van der Waals surface area (Å²) in [4.78, 5) is 0. The molecule has 0 fully saturated rings. The monoisotopic (exact) mass is 160 g/mol. The predicted octanol–water partition coefficient (Wildman–Crippen LogP) is 1.27. The minimum Gasteiger partial charge on any atom is -0.396 e. The average Bonchev–Trinajstić information content (AvgIpc) is 1.63. The molecule has 0 aromatic rings. The molecular weight excluding hydrogens is 153 g/mol. The highest BCUT2D eigenvalue weighted by Gasteiger charge is 2.26. The molecule has 0 atom stereocenters. The van der Waals surface area contributed by atoms with Crippen LogP contribution in [0, 0.1) is 0 Å². The second-order valence-corrected chi connectivity index (χ2v) is 2.50. The number of hydrogen-bond acceptors (Lipinski definition) is 2. The lowest BCUT2D eigenvalue weighted by atomic mass is 10.8. The predicted molar refractivity (Wildman–Crippen MR) is 30.5 cm³/mol. The van der Waals surface area contributed by atoms with Crippen molar-refractivity contribution in [2.24, 2.45) is 0 Å². The molecule has 1 N–H and O–H groups in total. The van der Waals surface area contributed by atoms with Gasteiger partial charge in [-0.3, -0.25) is 0 Å². The van der Waals surface area contributed by atoms with Crippen molar-refractivity contribution >= 4 is 11.8 Å². The zero-order valence-corrected chi connectivity index (χ0v) is 5.43. The fraction of sp³-hybridized carbons (Fsp3) is 1.00. The van der Waals surface area contributed by atoms with Crippen LogP contribution in [0.2, 0.25) is 0 Å². The summed E-state index contributed by atoms with van der Waals surface area (Å²) in [7, 11) is 0. The van der Waals surface area contributed by atoms with E-state index in [2.05, 4.69) is 0 Å². The van der Waals surface area contributed by atoms with Crippen LogP contribution in [0.1, 0.15) is 0 Å². The highest BCUT2D eigenvalue weighted by atomic mass is 32.2. The first-order valence-corrected chi connectivity index (χ1v) is 3.47. The Balaban J connectivity index is 3.07. The summed E-state index contributed by atoms with van der Waals surface area (Å²) < 4.78 is 33.8. The van der Waals surface area contributed by atoms with E-state index in [1.165, 1.54) is 0 Å². The van der Waals surface area contributed by atoms with Crippen LogP contribution in [0.15, 0.2) is 0 Å². The second-order valence-electron chi connectivity index (χ2n) is 1.39. The Morgan fingerprint density at radius 1 is 1.33 bits per heavy atom. The minimum atomic E-state index is -4.10. The fourth-order valence-corrected chi connectivity index (χ4v) is 0.757. The Bertz CT molecular complexity index is 72.7. The molecular formula is C4H7F3OS. The van der Waals surface area contributed by atoms with Gasteiger partial charge in [0.25, 0.3) is 0 Å². The molecule has 0 aliphatic carbocycles. The highest BCUT2D eigenvalue weighted by molar-refractivity contribution is 7.99. The van der Waals surface area contributed by atoms with Gasteiger partial charge in [-0.1, -0.05) is 0 Å². The van der Waals surface area contributed by atoms with Crippen molar-refractivity contribution in [3.05, 3.63) is 0 Å². The van der Waals surface area contributed by atoms with E-state index in [0.717, 1.165) is 0 Å². The van der Waals surface area contributed by atoms with Crippen molar-refractivity contribution in [2.75, 3.05) is 18.1 Å². The van der Waals surface area contributed by atoms with Gasteiger partial charge in [-0.15, -0.1) is 0 Å². The summed E-state index contributed by atoms with van der Waals surface area (Å²) in [5, 5.41) is 8.07. The molecule has 0 saturated carbocycles. The maximum Gasteiger partial charge on any atom is 0.397 e. The summed E-state index contributed by atoms with van der Waals surface area (Å²) >= 11 is 0.685. The van der Waals surface area contributed by atoms with Crippen LogP contribution in [-0.4, -0.2) is 29.4 Å². The molecule has 0 rings (SSSR count). The summed E-state index contributed by atoms with van der Waals surface area (Å²) in [5.74, 6) is -0.715. The molecule has 0 heterocycles. The number of alkyl halides is 3. The second kappa shape index (κ2) is 4.00. The third-order valence-corrected chi connectivity index (χ3v) is 1.50. The maximum absolute atomic E-state index is 11.3. The number of hydrogen-bond donors (Lipinski definition) is 1. The summed E-state index contributed by atoms with van der Waals surface area (Å²) in [6, 6.07) is 0. The molecule has 0 saturated heterocycles. The van der Waals surface area contributed by atoms with Crippen LogP contribution < -0.4 is 0 Å². The van der Waals surface area contributed by atoms with Crippen molar-refractivity contribution in [3.8, 4) is 0 Å². The molecule has 0 unspecified atom stereocenters. The number of aliphatic hydroxyl groups excluding tert-OH is 1. The highest BCUT2D eigenvalue weighted by Crippen LogP contribution is 2.20. The molecule has 0 aromatic heterocycles. The lowest BCUT2D eigenvalue weighted by molar-refractivity contribution is -0.105. The van der Waals surface area contributed by atoms with Gasteiger partial charge in [-0.2, -0.15) is 24.9 Å². The van der Waals surface area contributed by atoms with Crippen LogP contribution >= 0.6 is 11.8 Å². The molecule has 0 radical (unpaired) electrons. The first-order chi connectivity index (χ1) is 4.06. The van der Waals surface area contributed by atoms with Gasteiger partial charge in [-0.25, -0.2) is 0 Å². The van der Waals surface area contributed by atoms with Crippen LogP contribution in [0.3, 0.4) is 0 Å². The SMILES string of the molecule is OCCSCC(F)(F)F. The van der Waals surface area contributed by atoms with E-state index in [1.807, 2.05) is 0 Å². The van der Waals surface area contributed by atoms with E-state index < -0.39 is 11.9 Å². The zero-order chi connectivity index (χ0) is 7.33. The van der Waals surface area contributed by atoms with Gasteiger partial charge < -0.3 is 5.11 Å². The van der Waals surface area contributed by atoms with Crippen LogP contribution in [0.25, 0.3) is 0 Å². The molecule has 9 heavy (non-hydrogen) atoms. The Hall–Kier alpha value is 0.100. The molecule has 0 aromatic carbocycles. The van der Waals surface area contributed by atoms with Crippen molar-refractivity contribution in [3.63, 3.8) is 0 Å². The molecule has 0 aliphatic heterocycles. The fourth-order valence-electron chi connectivity index (χ4n) is 0.252. The molecule has 0 spiro atoms. The average molecular weight is 160 g/mol.